The number of hydrogen-bond acceptors (Lipinski definition) is 3. The summed E-state index contributed by atoms with van der Waals surface area (Å²) >= 11 is 0. The van der Waals surface area contributed by atoms with Crippen LogP contribution >= 0.6 is 0 Å². The van der Waals surface area contributed by atoms with E-state index in [9.17, 15) is 0 Å². The summed E-state index contributed by atoms with van der Waals surface area (Å²) in [6.45, 7) is 1.69. The molecular formula is C18H23N3O. The maximum Gasteiger partial charge on any atom is 0.140 e. The Labute approximate surface area is 131 Å². The van der Waals surface area contributed by atoms with E-state index in [2.05, 4.69) is 46.5 Å². The first kappa shape index (κ1) is 15.9. The van der Waals surface area contributed by atoms with Crippen LogP contribution in [0.25, 0.3) is 0 Å². The minimum absolute atomic E-state index is 0.268. The van der Waals surface area contributed by atoms with Crippen molar-refractivity contribution >= 4 is 11.5 Å². The van der Waals surface area contributed by atoms with Crippen LogP contribution in [-0.2, 0) is 6.42 Å². The number of oxime groups is 1. The van der Waals surface area contributed by atoms with Gasteiger partial charge in [-0.15, -0.1) is 0 Å². The molecular weight excluding hydrogens is 274 g/mol. The Morgan fingerprint density at radius 2 is 1.59 bits per heavy atom. The summed E-state index contributed by atoms with van der Waals surface area (Å²) in [6.07, 6.45) is 2.67. The van der Waals surface area contributed by atoms with Crippen LogP contribution in [0.2, 0.25) is 0 Å². The lowest BCUT2D eigenvalue weighted by Crippen LogP contribution is -2.29. The van der Waals surface area contributed by atoms with Gasteiger partial charge in [0.05, 0.1) is 0 Å². The fourth-order valence-corrected chi connectivity index (χ4v) is 2.43. The number of rotatable bonds is 8. The monoisotopic (exact) mass is 297 g/mol. The third kappa shape index (κ3) is 5.13. The topological polar surface area (TPSA) is 61.8 Å². The molecule has 0 atom stereocenters. The van der Waals surface area contributed by atoms with Gasteiger partial charge < -0.3 is 15.8 Å². The lowest BCUT2D eigenvalue weighted by molar-refractivity contribution is 0.317. The van der Waals surface area contributed by atoms with Crippen LogP contribution in [0.3, 0.4) is 0 Å². The van der Waals surface area contributed by atoms with E-state index < -0.39 is 0 Å². The molecule has 0 unspecified atom stereocenters. The molecule has 0 aliphatic heterocycles. The highest BCUT2D eigenvalue weighted by atomic mass is 16.4. The molecule has 0 saturated carbocycles. The molecule has 2 rings (SSSR count). The molecule has 116 valence electrons. The van der Waals surface area contributed by atoms with Gasteiger partial charge in [0, 0.05) is 25.2 Å². The largest absolute Gasteiger partial charge is 0.409 e. The lowest BCUT2D eigenvalue weighted by atomic mass is 10.1. The third-order valence-electron chi connectivity index (χ3n) is 3.62. The number of para-hydroxylation sites is 1. The molecule has 0 radical (unpaired) electrons. The van der Waals surface area contributed by atoms with E-state index in [1.165, 1.54) is 11.3 Å². The molecule has 0 fully saturated rings. The molecule has 0 heterocycles. The fourth-order valence-electron chi connectivity index (χ4n) is 2.43. The average Bonchev–Trinajstić information content (AvgIpc) is 2.59. The summed E-state index contributed by atoms with van der Waals surface area (Å²) in [5.41, 5.74) is 8.11. The second-order valence-electron chi connectivity index (χ2n) is 5.25. The van der Waals surface area contributed by atoms with Crippen molar-refractivity contribution in [3.05, 3.63) is 66.2 Å². The van der Waals surface area contributed by atoms with E-state index in [1.807, 2.05) is 24.3 Å². The van der Waals surface area contributed by atoms with Crippen LogP contribution in [0.1, 0.15) is 18.4 Å². The van der Waals surface area contributed by atoms with Crippen molar-refractivity contribution < 1.29 is 5.21 Å². The Balaban J connectivity index is 1.92. The van der Waals surface area contributed by atoms with Crippen molar-refractivity contribution in [3.8, 4) is 0 Å². The lowest BCUT2D eigenvalue weighted by Gasteiger charge is -2.24. The van der Waals surface area contributed by atoms with Gasteiger partial charge in [0.25, 0.3) is 0 Å². The van der Waals surface area contributed by atoms with Gasteiger partial charge in [-0.2, -0.15) is 0 Å². The summed E-state index contributed by atoms with van der Waals surface area (Å²) in [4.78, 5) is 2.28. The molecule has 0 amide bonds. The summed E-state index contributed by atoms with van der Waals surface area (Å²) in [6, 6.07) is 20.7. The predicted octanol–water partition coefficient (Wildman–Crippen LogP) is 3.26. The van der Waals surface area contributed by atoms with Gasteiger partial charge in [-0.3, -0.25) is 0 Å². The van der Waals surface area contributed by atoms with Crippen LogP contribution in [-0.4, -0.2) is 24.1 Å². The Morgan fingerprint density at radius 1 is 0.955 bits per heavy atom. The molecule has 2 aromatic rings. The van der Waals surface area contributed by atoms with Gasteiger partial charge in [0.2, 0.25) is 0 Å². The predicted molar refractivity (Wildman–Crippen MR) is 91.4 cm³/mol. The highest BCUT2D eigenvalue weighted by Crippen LogP contribution is 2.15. The number of benzene rings is 2. The molecule has 0 bridgehead atoms. The minimum atomic E-state index is 0.268. The second-order valence-corrected chi connectivity index (χ2v) is 5.25. The Morgan fingerprint density at radius 3 is 2.23 bits per heavy atom. The molecule has 4 heteroatoms. The molecule has 0 aliphatic carbocycles. The second kappa shape index (κ2) is 8.72. The van der Waals surface area contributed by atoms with E-state index in [-0.39, 0.29) is 5.84 Å². The molecule has 22 heavy (non-hydrogen) atoms. The number of nitrogens with two attached hydrogens (primary N) is 1. The van der Waals surface area contributed by atoms with E-state index in [0.29, 0.717) is 6.42 Å². The molecule has 4 nitrogen and oxygen atoms in total. The van der Waals surface area contributed by atoms with Crippen LogP contribution in [0.5, 0.6) is 0 Å². The Hall–Kier alpha value is -2.49. The van der Waals surface area contributed by atoms with Gasteiger partial charge in [-0.05, 0) is 30.5 Å². The molecule has 3 N–H and O–H groups in total. The smallest absolute Gasteiger partial charge is 0.140 e. The van der Waals surface area contributed by atoms with Gasteiger partial charge >= 0.3 is 0 Å². The zero-order chi connectivity index (χ0) is 15.6. The van der Waals surface area contributed by atoms with Crippen molar-refractivity contribution in [1.29, 1.82) is 0 Å². The Bertz CT molecular complexity index is 569. The SMILES string of the molecule is N/C(CCN(CCCc1ccccc1)c1ccccc1)=N\O. The van der Waals surface area contributed by atoms with Gasteiger partial charge in [0.15, 0.2) is 0 Å². The van der Waals surface area contributed by atoms with Crippen molar-refractivity contribution in [2.45, 2.75) is 19.3 Å². The number of amidine groups is 1. The highest BCUT2D eigenvalue weighted by molar-refractivity contribution is 5.80. The molecule has 0 aliphatic rings. The Kier molecular flexibility index (Phi) is 6.30. The van der Waals surface area contributed by atoms with Crippen LogP contribution in [0.15, 0.2) is 65.8 Å². The summed E-state index contributed by atoms with van der Waals surface area (Å²) in [5.74, 6) is 0.268. The average molecular weight is 297 g/mol. The standard InChI is InChI=1S/C18H23N3O/c19-18(20-22)13-15-21(17-11-5-2-6-12-17)14-7-10-16-8-3-1-4-9-16/h1-6,8-9,11-12,22H,7,10,13-15H2,(H2,19,20). The van der Waals surface area contributed by atoms with Crippen molar-refractivity contribution in [2.24, 2.45) is 10.9 Å². The third-order valence-corrected chi connectivity index (χ3v) is 3.62. The first-order valence-electron chi connectivity index (χ1n) is 7.60. The summed E-state index contributed by atoms with van der Waals surface area (Å²) in [5, 5.41) is 11.7. The molecule has 0 spiro atoms. The van der Waals surface area contributed by atoms with Gasteiger partial charge in [-0.1, -0.05) is 53.7 Å². The number of aryl methyl sites for hydroxylation is 1. The van der Waals surface area contributed by atoms with Gasteiger partial charge in [0.1, 0.15) is 5.84 Å². The highest BCUT2D eigenvalue weighted by Gasteiger charge is 2.07. The zero-order valence-corrected chi connectivity index (χ0v) is 12.7. The van der Waals surface area contributed by atoms with E-state index >= 15 is 0 Å². The summed E-state index contributed by atoms with van der Waals surface area (Å²) in [7, 11) is 0. The van der Waals surface area contributed by atoms with Crippen LogP contribution in [0, 0.1) is 0 Å². The van der Waals surface area contributed by atoms with E-state index in [4.69, 9.17) is 10.9 Å². The summed E-state index contributed by atoms with van der Waals surface area (Å²) < 4.78 is 0. The first-order chi connectivity index (χ1) is 10.8. The maximum absolute atomic E-state index is 8.69. The normalized spacial score (nSPS) is 11.4. The molecule has 0 saturated heterocycles. The zero-order valence-electron chi connectivity index (χ0n) is 12.7. The molecule has 0 aromatic heterocycles. The maximum atomic E-state index is 8.69. The van der Waals surface area contributed by atoms with Gasteiger partial charge in [-0.25, -0.2) is 0 Å². The number of nitrogens with zero attached hydrogens (tertiary/aromatic N) is 2. The minimum Gasteiger partial charge on any atom is -0.409 e. The van der Waals surface area contributed by atoms with Crippen LogP contribution in [0.4, 0.5) is 5.69 Å². The van der Waals surface area contributed by atoms with E-state index in [0.717, 1.165) is 25.9 Å². The first-order valence-corrected chi connectivity index (χ1v) is 7.60. The number of anilines is 1. The van der Waals surface area contributed by atoms with Crippen LogP contribution < -0.4 is 10.6 Å². The van der Waals surface area contributed by atoms with Crippen molar-refractivity contribution in [3.63, 3.8) is 0 Å². The number of hydrogen-bond donors (Lipinski definition) is 2. The quantitative estimate of drug-likeness (QED) is 0.340. The van der Waals surface area contributed by atoms with Crippen molar-refractivity contribution in [1.82, 2.24) is 0 Å². The molecule has 2 aromatic carbocycles. The van der Waals surface area contributed by atoms with E-state index in [1.54, 1.807) is 0 Å². The van der Waals surface area contributed by atoms with Crippen molar-refractivity contribution in [2.75, 3.05) is 18.0 Å². The fraction of sp³-hybridized carbons (Fsp3) is 0.278.